The van der Waals surface area contributed by atoms with Gasteiger partial charge in [0.05, 0.1) is 38.6 Å². The highest BCUT2D eigenvalue weighted by atomic mass is 31.2. The van der Waals surface area contributed by atoms with E-state index < -0.39 is 89.6 Å². The number of imidazole rings is 2. The van der Waals surface area contributed by atoms with Gasteiger partial charge in [-0.15, -0.1) is 0 Å². The predicted octanol–water partition coefficient (Wildman–Crippen LogP) is -1.96. The first kappa shape index (κ1) is 33.1. The Balaban J connectivity index is 1.24. The van der Waals surface area contributed by atoms with Crippen molar-refractivity contribution in [3.63, 3.8) is 0 Å². The van der Waals surface area contributed by atoms with Gasteiger partial charge >= 0.3 is 7.75 Å². The van der Waals surface area contributed by atoms with Crippen LogP contribution in [0, 0.1) is 5.92 Å². The van der Waals surface area contributed by atoms with E-state index in [1.165, 1.54) is 15.5 Å². The van der Waals surface area contributed by atoms with E-state index in [2.05, 4.69) is 34.9 Å². The molecule has 0 aromatic carbocycles. The monoisotopic (exact) mass is 716 g/mol. The van der Waals surface area contributed by atoms with E-state index in [0.717, 1.165) is 12.7 Å². The first-order valence-corrected chi connectivity index (χ1v) is 17.1. The molecule has 256 valence electrons. The van der Waals surface area contributed by atoms with E-state index in [-0.39, 0.29) is 34.1 Å². The Morgan fingerprint density at radius 2 is 1.73 bits per heavy atom. The second kappa shape index (κ2) is 12.5. The third kappa shape index (κ3) is 5.80. The van der Waals surface area contributed by atoms with Crippen LogP contribution in [0.3, 0.4) is 0 Å². The molecule has 3 aliphatic heterocycles. The van der Waals surface area contributed by atoms with Crippen molar-refractivity contribution in [2.45, 2.75) is 43.0 Å². The number of rotatable bonds is 5. The van der Waals surface area contributed by atoms with Crippen molar-refractivity contribution in [2.75, 3.05) is 31.3 Å². The Hall–Kier alpha value is -3.45. The lowest BCUT2D eigenvalue weighted by Crippen LogP contribution is -2.78. The highest BCUT2D eigenvalue weighted by Gasteiger charge is 2.55. The number of quaternary nitrogens is 1. The molecule has 7 heterocycles. The number of nitrogens with one attached hydrogen (secondary N) is 1. The Morgan fingerprint density at radius 1 is 1.02 bits per heavy atom. The molecule has 4 aromatic rings. The van der Waals surface area contributed by atoms with Crippen LogP contribution in [0.1, 0.15) is 12.5 Å². The summed E-state index contributed by atoms with van der Waals surface area (Å²) in [5, 5.41) is 19.9. The number of H-pyrrole nitrogens is 1. The summed E-state index contributed by atoms with van der Waals surface area (Å²) in [4.78, 5) is 38.8. The number of aliphatic hydroxyl groups excluding tert-OH is 1. The quantitative estimate of drug-likeness (QED) is 0.0565. The van der Waals surface area contributed by atoms with Crippen LogP contribution >= 0.6 is 15.2 Å². The summed E-state index contributed by atoms with van der Waals surface area (Å²) in [6.07, 6.45) is -7.52. The van der Waals surface area contributed by atoms with Crippen molar-refractivity contribution in [3.8, 4) is 0 Å². The van der Waals surface area contributed by atoms with Gasteiger partial charge < -0.3 is 35.1 Å². The van der Waals surface area contributed by atoms with Crippen LogP contribution in [0.4, 0.5) is 16.2 Å². The van der Waals surface area contributed by atoms with Gasteiger partial charge in [0.15, 0.2) is 41.3 Å². The second-order valence-electron chi connectivity index (χ2n) is 10.8. The molecule has 48 heavy (non-hydrogen) atoms. The van der Waals surface area contributed by atoms with Crippen LogP contribution < -0.4 is 22.3 Å². The smallest absolute Gasteiger partial charge is 0.396 e. The third-order valence-corrected chi connectivity index (χ3v) is 10.4. The van der Waals surface area contributed by atoms with E-state index in [1.54, 1.807) is 0 Å². The first-order chi connectivity index (χ1) is 22.9. The molecule has 4 aromatic heterocycles. The zero-order chi connectivity index (χ0) is 34.0. The molecule has 7 rings (SSSR count). The zero-order valence-electron chi connectivity index (χ0n) is 24.2. The van der Waals surface area contributed by atoms with E-state index in [1.807, 2.05) is 0 Å². The average molecular weight is 716 g/mol. The molecular weight excluding hydrogens is 690 g/mol. The average Bonchev–Trinajstić information content (AvgIpc) is 3.79. The summed E-state index contributed by atoms with van der Waals surface area (Å²) in [6, 6.07) is 0. The number of alkyl halides is 1. The molecule has 2 bridgehead atoms. The van der Waals surface area contributed by atoms with Gasteiger partial charge in [-0.2, -0.15) is 9.55 Å². The number of nitrogen functional groups attached to an aromatic ring is 2. The lowest BCUT2D eigenvalue weighted by molar-refractivity contribution is -0.882. The summed E-state index contributed by atoms with van der Waals surface area (Å²) in [7, 11) is -3.37. The Labute approximate surface area is 267 Å². The number of ether oxygens (including phenoxy) is 2. The van der Waals surface area contributed by atoms with Gasteiger partial charge in [0.2, 0.25) is 13.5 Å². The van der Waals surface area contributed by atoms with Gasteiger partial charge in [0, 0.05) is 5.92 Å². The maximum absolute atomic E-state index is 16.2. The topological polar surface area (TPSA) is 315 Å². The van der Waals surface area contributed by atoms with Crippen LogP contribution in [0.5, 0.6) is 0 Å². The van der Waals surface area contributed by atoms with E-state index in [0.29, 0.717) is 5.25 Å². The second-order valence-corrected chi connectivity index (χ2v) is 14.1. The van der Waals surface area contributed by atoms with E-state index in [9.17, 15) is 24.3 Å². The van der Waals surface area contributed by atoms with Gasteiger partial charge in [-0.05, 0) is 4.99 Å². The summed E-state index contributed by atoms with van der Waals surface area (Å²) in [5.41, 5.74) is 10.9. The number of anilines is 2. The molecule has 27 heteroatoms. The van der Waals surface area contributed by atoms with E-state index >= 15 is 4.39 Å². The van der Waals surface area contributed by atoms with Crippen LogP contribution in [0.2, 0.25) is 0 Å². The van der Waals surface area contributed by atoms with Crippen LogP contribution in [0.25, 0.3) is 22.3 Å². The molecule has 3 unspecified atom stereocenters. The van der Waals surface area contributed by atoms with Gasteiger partial charge in [0.1, 0.15) is 30.2 Å². The van der Waals surface area contributed by atoms with Crippen molar-refractivity contribution >= 4 is 56.9 Å². The lowest BCUT2D eigenvalue weighted by Gasteiger charge is -2.28. The summed E-state index contributed by atoms with van der Waals surface area (Å²) in [6.45, 7) is -2.14. The third-order valence-electron chi connectivity index (χ3n) is 7.91. The van der Waals surface area contributed by atoms with Crippen LogP contribution in [0.15, 0.2) is 23.8 Å². The number of nitrogens with zero attached hydrogens (tertiary/aromatic N) is 7. The molecule has 3 aliphatic rings. The fourth-order valence-corrected chi connectivity index (χ4v) is 8.00. The maximum Gasteiger partial charge on any atom is 0.563 e. The first-order valence-electron chi connectivity index (χ1n) is 13.9. The number of hydrogen-bond donors (Lipinski definition) is 6. The Kier molecular flexibility index (Phi) is 8.59. The van der Waals surface area contributed by atoms with Crippen LogP contribution in [-0.4, -0.2) is 107 Å². The van der Waals surface area contributed by atoms with Crippen molar-refractivity contribution in [3.05, 3.63) is 29.3 Å². The number of aromatic amines is 1. The summed E-state index contributed by atoms with van der Waals surface area (Å²) >= 11 is 0. The Morgan fingerprint density at radius 3 is 2.48 bits per heavy atom. The number of halogens is 1. The molecule has 0 amide bonds. The fraction of sp³-hybridized carbons (Fsp3) is 0.524. The predicted molar refractivity (Wildman–Crippen MR) is 154 cm³/mol. The molecule has 0 spiro atoms. The fourth-order valence-electron chi connectivity index (χ4n) is 5.75. The minimum Gasteiger partial charge on any atom is -0.396 e. The summed E-state index contributed by atoms with van der Waals surface area (Å²) in [5.74, 6) is -1.37. The molecule has 3 saturated heterocycles. The van der Waals surface area contributed by atoms with Crippen molar-refractivity contribution in [1.29, 1.82) is 0 Å². The van der Waals surface area contributed by atoms with Gasteiger partial charge in [-0.25, -0.2) is 29.6 Å². The SMILES string of the molecule is [B][P@@]1(=O)OC[C@H]2O[C@@H](n3cnc4c(N)ncnc43)C(F)[C@H]2OP(=O)([NH2+]OO)OC[C@H]2O[C@@H](n3cnc4c(=O)[nH]c(N)nc43)C(O1)[C@H]2CO. The number of aliphatic hydroxyl groups is 1. The number of hydrogen-bond acceptors (Lipinski definition) is 19. The molecule has 10 atom stereocenters. The molecule has 9 N–H and O–H groups in total. The highest BCUT2D eigenvalue weighted by molar-refractivity contribution is 7.79. The van der Waals surface area contributed by atoms with Gasteiger partial charge in [-0.3, -0.25) is 32.5 Å². The normalized spacial score (nSPS) is 36.1. The molecule has 23 nitrogen and oxygen atoms in total. The molecule has 0 saturated carbocycles. The van der Waals surface area contributed by atoms with Crippen molar-refractivity contribution in [2.24, 2.45) is 5.92 Å². The molecule has 3 fully saturated rings. The minimum atomic E-state index is -4.72. The van der Waals surface area contributed by atoms with E-state index in [4.69, 9.17) is 46.6 Å². The number of aromatic nitrogens is 8. The zero-order valence-corrected chi connectivity index (χ0v) is 26.0. The number of fused-ring (bicyclic) bond motifs is 5. The molecular formula is C21H26BFN11O12P2+. The highest BCUT2D eigenvalue weighted by Crippen LogP contribution is 2.53. The Bertz CT molecular complexity index is 2000. The minimum absolute atomic E-state index is 0.00851. The van der Waals surface area contributed by atoms with Crippen LogP contribution in [-0.2, 0) is 41.7 Å². The van der Waals surface area contributed by atoms with Crippen molar-refractivity contribution < 1.29 is 61.7 Å². The standard InChI is InChI=1S/C21H25BFN11O12P2/c22-47(38)40-3-9-14(10(23)19(43-9)33-5-28-11-15(24)26-4-27-16(11)33)45-48(39,32-46-37)41-2-8-7(1-35)13(44-47)20(42-8)34-6-29-12-17(34)30-21(25)31-18(12)36/h4-10,13-14,19-20,35,37H,1-3H2,(H,32,39)(H2,24,26,27)(H3,25,30,31,36)/p+1/t7-,8+,9+,10?,13?,14-,19+,20+,47+,48?/m0/s1. The van der Waals surface area contributed by atoms with Gasteiger partial charge in [0.25, 0.3) is 13.0 Å². The molecule has 0 aliphatic carbocycles. The largest absolute Gasteiger partial charge is 0.563 e. The van der Waals surface area contributed by atoms with Gasteiger partial charge in [-0.1, -0.05) is 5.25 Å². The maximum atomic E-state index is 16.2. The van der Waals surface area contributed by atoms with Crippen molar-refractivity contribution in [1.82, 2.24) is 39.0 Å². The number of nitrogens with two attached hydrogens (primary N) is 3. The lowest BCUT2D eigenvalue weighted by atomic mass is 9.99. The molecule has 2 radical (unpaired) electrons. The summed E-state index contributed by atoms with van der Waals surface area (Å²) < 4.78 is 80.2.